The summed E-state index contributed by atoms with van der Waals surface area (Å²) in [5.74, 6) is -1.12. The van der Waals surface area contributed by atoms with Gasteiger partial charge in [-0.15, -0.1) is 6.58 Å². The predicted octanol–water partition coefficient (Wildman–Crippen LogP) is 3.49. The van der Waals surface area contributed by atoms with Crippen molar-refractivity contribution in [1.29, 1.82) is 0 Å². The molecule has 42 heavy (non-hydrogen) atoms. The summed E-state index contributed by atoms with van der Waals surface area (Å²) >= 11 is 0. The Kier molecular flexibility index (Phi) is 7.81. The van der Waals surface area contributed by atoms with E-state index in [0.717, 1.165) is 6.07 Å². The molecule has 0 unspecified atom stereocenters. The average Bonchev–Trinajstić information content (AvgIpc) is 3.31. The van der Waals surface area contributed by atoms with Crippen LogP contribution in [0.1, 0.15) is 35.7 Å². The number of carbonyl (C=O) groups is 4. The van der Waals surface area contributed by atoms with Gasteiger partial charge in [0.05, 0.1) is 29.4 Å². The number of piperazine rings is 1. The average molecular weight is 582 g/mol. The Morgan fingerprint density at radius 1 is 1.00 bits per heavy atom. The topological polar surface area (TPSA) is 93.3 Å². The molecule has 1 saturated heterocycles. The third-order valence-corrected chi connectivity index (χ3v) is 7.84. The van der Waals surface area contributed by atoms with E-state index < -0.39 is 35.8 Å². The van der Waals surface area contributed by atoms with Crippen LogP contribution < -0.4 is 5.32 Å². The summed E-state index contributed by atoms with van der Waals surface area (Å²) in [6.45, 7) is 6.19. The van der Waals surface area contributed by atoms with E-state index in [9.17, 15) is 32.3 Å². The molecule has 5 amide bonds. The highest BCUT2D eigenvalue weighted by molar-refractivity contribution is 6.04. The van der Waals surface area contributed by atoms with Crippen LogP contribution in [0.25, 0.3) is 0 Å². The molecule has 0 bridgehead atoms. The molecule has 9 nitrogen and oxygen atoms in total. The van der Waals surface area contributed by atoms with Crippen LogP contribution in [0.4, 0.5) is 18.0 Å². The summed E-state index contributed by atoms with van der Waals surface area (Å²) in [4.78, 5) is 59.1. The van der Waals surface area contributed by atoms with Gasteiger partial charge >= 0.3 is 12.2 Å². The van der Waals surface area contributed by atoms with Gasteiger partial charge in [-0.05, 0) is 17.2 Å². The highest BCUT2D eigenvalue weighted by Gasteiger charge is 2.49. The van der Waals surface area contributed by atoms with Crippen molar-refractivity contribution in [3.05, 3.63) is 95.2 Å². The number of halogens is 3. The molecule has 0 radical (unpaired) electrons. The minimum atomic E-state index is -4.73. The van der Waals surface area contributed by atoms with Gasteiger partial charge in [-0.25, -0.2) is 4.79 Å². The largest absolute Gasteiger partial charge is 0.416 e. The van der Waals surface area contributed by atoms with Crippen LogP contribution in [0.15, 0.2) is 78.5 Å². The fourth-order valence-electron chi connectivity index (χ4n) is 5.79. The van der Waals surface area contributed by atoms with Gasteiger partial charge in [-0.1, -0.05) is 54.6 Å². The smallest absolute Gasteiger partial charge is 0.339 e. The van der Waals surface area contributed by atoms with Gasteiger partial charge in [0, 0.05) is 39.6 Å². The van der Waals surface area contributed by atoms with Crippen molar-refractivity contribution >= 4 is 23.8 Å². The Hall–Kier alpha value is -4.61. The van der Waals surface area contributed by atoms with E-state index in [1.54, 1.807) is 40.1 Å². The van der Waals surface area contributed by atoms with Gasteiger partial charge in [0.2, 0.25) is 11.8 Å². The van der Waals surface area contributed by atoms with Gasteiger partial charge in [0.1, 0.15) is 6.04 Å². The first-order valence-electron chi connectivity index (χ1n) is 13.5. The lowest BCUT2D eigenvalue weighted by Crippen LogP contribution is -2.53. The summed E-state index contributed by atoms with van der Waals surface area (Å²) in [6.07, 6.45) is -3.28. The Balaban J connectivity index is 1.56. The molecule has 3 heterocycles. The number of alkyl halides is 3. The van der Waals surface area contributed by atoms with E-state index in [0.29, 0.717) is 18.7 Å². The number of nitrogens with zero attached hydrogens (tertiary/aromatic N) is 4. The summed E-state index contributed by atoms with van der Waals surface area (Å²) in [5.41, 5.74) is -0.512. The second kappa shape index (κ2) is 11.3. The lowest BCUT2D eigenvalue weighted by Gasteiger charge is -2.38. The molecule has 0 saturated carbocycles. The molecular formula is C30H30F3N5O4. The monoisotopic (exact) mass is 581 g/mol. The molecule has 2 aromatic rings. The van der Waals surface area contributed by atoms with Crippen LogP contribution in [0.3, 0.4) is 0 Å². The molecule has 0 aliphatic carbocycles. The summed E-state index contributed by atoms with van der Waals surface area (Å²) < 4.78 is 42.1. The Morgan fingerprint density at radius 2 is 1.62 bits per heavy atom. The maximum Gasteiger partial charge on any atom is 0.416 e. The zero-order valence-corrected chi connectivity index (χ0v) is 22.9. The highest BCUT2D eigenvalue weighted by Crippen LogP contribution is 2.43. The van der Waals surface area contributed by atoms with E-state index in [4.69, 9.17) is 0 Å². The molecule has 2 aromatic carbocycles. The van der Waals surface area contributed by atoms with Crippen LogP contribution >= 0.6 is 0 Å². The van der Waals surface area contributed by atoms with Crippen molar-refractivity contribution in [3.8, 4) is 0 Å². The van der Waals surface area contributed by atoms with E-state index in [2.05, 4.69) is 11.9 Å². The third-order valence-electron chi connectivity index (χ3n) is 7.84. The van der Waals surface area contributed by atoms with Crippen LogP contribution in [-0.2, 0) is 20.6 Å². The van der Waals surface area contributed by atoms with Crippen molar-refractivity contribution in [1.82, 2.24) is 24.9 Å². The van der Waals surface area contributed by atoms with Gasteiger partial charge < -0.3 is 20.0 Å². The molecule has 1 N–H and O–H groups in total. The molecule has 0 aromatic heterocycles. The number of hydrogen-bond donors (Lipinski definition) is 1. The van der Waals surface area contributed by atoms with Crippen LogP contribution in [-0.4, -0.2) is 82.6 Å². The molecule has 12 heteroatoms. The summed E-state index contributed by atoms with van der Waals surface area (Å²) in [5, 5.41) is 2.59. The molecule has 3 aliphatic rings. The van der Waals surface area contributed by atoms with E-state index in [-0.39, 0.29) is 54.8 Å². The molecular weight excluding hydrogens is 551 g/mol. The molecule has 3 aliphatic heterocycles. The molecule has 1 fully saturated rings. The molecule has 220 valence electrons. The van der Waals surface area contributed by atoms with Crippen LogP contribution in [0.2, 0.25) is 0 Å². The maximum absolute atomic E-state index is 14.2. The molecule has 2 atom stereocenters. The maximum atomic E-state index is 14.2. The van der Waals surface area contributed by atoms with E-state index in [1.165, 1.54) is 41.0 Å². The zero-order valence-electron chi connectivity index (χ0n) is 22.9. The van der Waals surface area contributed by atoms with E-state index in [1.807, 2.05) is 0 Å². The minimum absolute atomic E-state index is 0.0103. The first kappa shape index (κ1) is 28.9. The lowest BCUT2D eigenvalue weighted by atomic mass is 9.91. The second-order valence-electron chi connectivity index (χ2n) is 10.3. The SMILES string of the molecule is C=CCN1C(=O)N[C@@H](c2ccccc2C(F)(F)F)C2=C1CN([C@H](C(=O)N1CCN(C(C)=O)CC1)c1ccccc1)C2=O. The van der Waals surface area contributed by atoms with Crippen molar-refractivity contribution in [2.75, 3.05) is 39.3 Å². The number of nitrogens with one attached hydrogen (secondary N) is 1. The van der Waals surface area contributed by atoms with Gasteiger partial charge in [-0.2, -0.15) is 13.2 Å². The van der Waals surface area contributed by atoms with Gasteiger partial charge in [0.15, 0.2) is 0 Å². The van der Waals surface area contributed by atoms with Crippen molar-refractivity contribution in [2.24, 2.45) is 0 Å². The lowest BCUT2D eigenvalue weighted by molar-refractivity contribution is -0.146. The number of carbonyl (C=O) groups excluding carboxylic acids is 4. The third kappa shape index (κ3) is 5.24. The highest BCUT2D eigenvalue weighted by atomic mass is 19.4. The van der Waals surface area contributed by atoms with Crippen molar-refractivity contribution < 1.29 is 32.3 Å². The predicted molar refractivity (Wildman–Crippen MR) is 146 cm³/mol. The van der Waals surface area contributed by atoms with Gasteiger partial charge in [-0.3, -0.25) is 19.3 Å². The quantitative estimate of drug-likeness (QED) is 0.529. The van der Waals surface area contributed by atoms with E-state index >= 15 is 0 Å². The Bertz CT molecular complexity index is 1450. The first-order valence-corrected chi connectivity index (χ1v) is 13.5. The summed E-state index contributed by atoms with van der Waals surface area (Å²) in [6, 6.07) is 10.3. The Morgan fingerprint density at radius 3 is 2.24 bits per heavy atom. The standard InChI is InChI=1S/C30H30F3N5O4/c1-3-13-37-23-18-38(26(20-9-5-4-6-10-20)28(41)36-16-14-35(15-17-36)19(2)39)27(40)24(23)25(34-29(37)42)21-11-7-8-12-22(21)30(31,32)33/h3-12,25-26H,1,13-18H2,2H3,(H,34,42)/t25-,26-/m0/s1. The minimum Gasteiger partial charge on any atom is -0.339 e. The number of amides is 5. The number of benzene rings is 2. The van der Waals surface area contributed by atoms with Crippen molar-refractivity contribution in [2.45, 2.75) is 25.2 Å². The number of hydrogen-bond acceptors (Lipinski definition) is 4. The molecule has 0 spiro atoms. The summed E-state index contributed by atoms with van der Waals surface area (Å²) in [7, 11) is 0. The van der Waals surface area contributed by atoms with Crippen LogP contribution in [0.5, 0.6) is 0 Å². The fraction of sp³-hybridized carbons (Fsp3) is 0.333. The second-order valence-corrected chi connectivity index (χ2v) is 10.3. The molecule has 5 rings (SSSR count). The van der Waals surface area contributed by atoms with Crippen molar-refractivity contribution in [3.63, 3.8) is 0 Å². The van der Waals surface area contributed by atoms with Gasteiger partial charge in [0.25, 0.3) is 5.91 Å². The zero-order chi connectivity index (χ0) is 30.2. The number of rotatable bonds is 6. The fourth-order valence-corrected chi connectivity index (χ4v) is 5.79. The van der Waals surface area contributed by atoms with Crippen LogP contribution in [0, 0.1) is 0 Å². The Labute approximate surface area is 240 Å². The first-order chi connectivity index (χ1) is 20.0. The normalized spacial score (nSPS) is 20.0. The number of urea groups is 1.